The summed E-state index contributed by atoms with van der Waals surface area (Å²) < 4.78 is 10.9. The molecule has 0 aromatic carbocycles. The van der Waals surface area contributed by atoms with Crippen molar-refractivity contribution in [2.24, 2.45) is 0 Å². The minimum absolute atomic E-state index is 0.468. The lowest BCUT2D eigenvalue weighted by Crippen LogP contribution is -2.68. The lowest BCUT2D eigenvalue weighted by Gasteiger charge is -2.47. The van der Waals surface area contributed by atoms with Crippen molar-refractivity contribution in [1.82, 2.24) is 5.32 Å². The maximum absolute atomic E-state index is 11.8. The molecule has 0 radical (unpaired) electrons. The average molecular weight is 365 g/mol. The third-order valence-corrected chi connectivity index (χ3v) is 4.15. The molecule has 1 aliphatic heterocycles. The van der Waals surface area contributed by atoms with Crippen LogP contribution in [0.4, 0.5) is 0 Å². The zero-order valence-electron chi connectivity index (χ0n) is 14.5. The summed E-state index contributed by atoms with van der Waals surface area (Å²) in [6.45, 7) is 3.74. The topological polar surface area (TPSA) is 166 Å². The van der Waals surface area contributed by atoms with Gasteiger partial charge >= 0.3 is 5.97 Å². The second kappa shape index (κ2) is 8.88. The molecule has 1 unspecified atom stereocenters. The number of nitrogens with one attached hydrogen (secondary N) is 1. The summed E-state index contributed by atoms with van der Waals surface area (Å²) >= 11 is 0. The first kappa shape index (κ1) is 21.7. The second-order valence-corrected chi connectivity index (χ2v) is 6.22. The molecule has 0 aromatic heterocycles. The molecule has 25 heavy (non-hydrogen) atoms. The summed E-state index contributed by atoms with van der Waals surface area (Å²) in [4.78, 5) is 23.1. The van der Waals surface area contributed by atoms with Crippen LogP contribution < -0.4 is 5.32 Å². The smallest absolute Gasteiger partial charge is 0.364 e. The monoisotopic (exact) mass is 365 g/mol. The Morgan fingerprint density at radius 3 is 2.44 bits per heavy atom. The fourth-order valence-corrected chi connectivity index (χ4v) is 2.66. The van der Waals surface area contributed by atoms with E-state index in [1.807, 2.05) is 0 Å². The first-order chi connectivity index (χ1) is 11.6. The van der Waals surface area contributed by atoms with Gasteiger partial charge in [-0.1, -0.05) is 6.92 Å². The van der Waals surface area contributed by atoms with Crippen molar-refractivity contribution >= 4 is 11.9 Å². The van der Waals surface area contributed by atoms with Crippen molar-refractivity contribution < 1.29 is 44.6 Å². The van der Waals surface area contributed by atoms with Crippen molar-refractivity contribution in [2.75, 3.05) is 6.61 Å². The Balaban J connectivity index is 3.22. The molecule has 1 saturated heterocycles. The number of hydrogen-bond acceptors (Lipinski definition) is 8. The Morgan fingerprint density at radius 1 is 1.40 bits per heavy atom. The molecule has 0 saturated carbocycles. The maximum atomic E-state index is 11.8. The maximum Gasteiger partial charge on any atom is 0.364 e. The summed E-state index contributed by atoms with van der Waals surface area (Å²) in [7, 11) is 0. The fourth-order valence-electron chi connectivity index (χ4n) is 2.66. The quantitative estimate of drug-likeness (QED) is 0.284. The standard InChI is InChI=1S/C15H27NO9/c1-4-7(2)24-15(14(22)23)5-9(19)11(16-8(3)18)13(25-15)12(21)10(20)6-17/h7,9-13,17,19-21H,4-6H2,1-3H3,(H,16,18)(H,22,23)/t7?,9-,10+,11+,12+,13+,15-/m0/s1. The predicted molar refractivity (Wildman–Crippen MR) is 83.4 cm³/mol. The SMILES string of the molecule is CCC(C)O[C@@]1(C(=O)O)C[C@H](O)[C@@H](NC(C)=O)[C@H]([C@H](O)[C@H](O)CO)O1. The Kier molecular flexibility index (Phi) is 7.72. The van der Waals surface area contributed by atoms with Crippen molar-refractivity contribution in [2.45, 2.75) is 76.0 Å². The minimum atomic E-state index is -2.26. The normalized spacial score (nSPS) is 33.3. The van der Waals surface area contributed by atoms with Gasteiger partial charge in [0.05, 0.1) is 24.9 Å². The molecule has 1 amide bonds. The van der Waals surface area contributed by atoms with Gasteiger partial charge in [0.1, 0.15) is 18.3 Å². The van der Waals surface area contributed by atoms with Crippen LogP contribution in [0.5, 0.6) is 0 Å². The zero-order valence-corrected chi connectivity index (χ0v) is 14.5. The van der Waals surface area contributed by atoms with Crippen LogP contribution in [0.15, 0.2) is 0 Å². The number of rotatable bonds is 8. The number of carbonyl (C=O) groups is 2. The summed E-state index contributed by atoms with van der Waals surface area (Å²) in [5.41, 5.74) is 0. The highest BCUT2D eigenvalue weighted by Crippen LogP contribution is 2.34. The van der Waals surface area contributed by atoms with Crippen molar-refractivity contribution in [3.63, 3.8) is 0 Å². The van der Waals surface area contributed by atoms with E-state index in [1.54, 1.807) is 13.8 Å². The van der Waals surface area contributed by atoms with Gasteiger partial charge in [0.15, 0.2) is 0 Å². The van der Waals surface area contributed by atoms with E-state index in [4.69, 9.17) is 14.6 Å². The minimum Gasteiger partial charge on any atom is -0.477 e. The third-order valence-electron chi connectivity index (χ3n) is 4.15. The first-order valence-electron chi connectivity index (χ1n) is 8.09. The molecule has 10 nitrogen and oxygen atoms in total. The van der Waals surface area contributed by atoms with Gasteiger partial charge in [-0.25, -0.2) is 4.79 Å². The molecule has 146 valence electrons. The lowest BCUT2D eigenvalue weighted by molar-refractivity contribution is -0.321. The number of amides is 1. The van der Waals surface area contributed by atoms with Crippen molar-refractivity contribution in [3.8, 4) is 0 Å². The lowest BCUT2D eigenvalue weighted by atomic mass is 9.88. The molecule has 10 heteroatoms. The van der Waals surface area contributed by atoms with Crippen LogP contribution in [-0.4, -0.2) is 86.4 Å². The summed E-state index contributed by atoms with van der Waals surface area (Å²) in [5, 5.41) is 51.2. The van der Waals surface area contributed by atoms with Gasteiger partial charge in [-0.2, -0.15) is 0 Å². The second-order valence-electron chi connectivity index (χ2n) is 6.22. The van der Waals surface area contributed by atoms with E-state index in [-0.39, 0.29) is 0 Å². The fraction of sp³-hybridized carbons (Fsp3) is 0.867. The van der Waals surface area contributed by atoms with E-state index in [9.17, 15) is 30.0 Å². The molecular weight excluding hydrogens is 338 g/mol. The van der Waals surface area contributed by atoms with E-state index in [2.05, 4.69) is 5.32 Å². The van der Waals surface area contributed by atoms with Crippen LogP contribution in [-0.2, 0) is 19.1 Å². The first-order valence-corrected chi connectivity index (χ1v) is 8.09. The van der Waals surface area contributed by atoms with Crippen LogP contribution in [0.1, 0.15) is 33.6 Å². The van der Waals surface area contributed by atoms with E-state index in [1.165, 1.54) is 6.92 Å². The van der Waals surface area contributed by atoms with Crippen molar-refractivity contribution in [1.29, 1.82) is 0 Å². The summed E-state index contributed by atoms with van der Waals surface area (Å²) in [5.74, 6) is -4.32. The molecule has 0 aromatic rings. The van der Waals surface area contributed by atoms with Gasteiger partial charge in [0.25, 0.3) is 5.79 Å². The van der Waals surface area contributed by atoms with Gasteiger partial charge < -0.3 is 40.3 Å². The Hall–Kier alpha value is -1.30. The molecular formula is C15H27NO9. The summed E-state index contributed by atoms with van der Waals surface area (Å²) in [6.07, 6.45) is -6.93. The molecule has 6 N–H and O–H groups in total. The Bertz CT molecular complexity index is 474. The zero-order chi connectivity index (χ0) is 19.4. The number of hydrogen-bond donors (Lipinski definition) is 6. The van der Waals surface area contributed by atoms with Crippen molar-refractivity contribution in [3.05, 3.63) is 0 Å². The van der Waals surface area contributed by atoms with Crippen LogP contribution in [0, 0.1) is 0 Å². The van der Waals surface area contributed by atoms with Crippen LogP contribution in [0.3, 0.4) is 0 Å². The van der Waals surface area contributed by atoms with Crippen LogP contribution in [0.2, 0.25) is 0 Å². The Morgan fingerprint density at radius 2 is 2.00 bits per heavy atom. The summed E-state index contributed by atoms with van der Waals surface area (Å²) in [6, 6.07) is -1.19. The number of ether oxygens (including phenoxy) is 2. The van der Waals surface area contributed by atoms with E-state index < -0.39 is 67.3 Å². The molecule has 1 heterocycles. The highest BCUT2D eigenvalue weighted by atomic mass is 16.7. The van der Waals surface area contributed by atoms with Crippen LogP contribution in [0.25, 0.3) is 0 Å². The number of carboxylic acid groups (broad SMARTS) is 1. The number of aliphatic hydroxyl groups is 4. The van der Waals surface area contributed by atoms with Gasteiger partial charge in [-0.15, -0.1) is 0 Å². The molecule has 7 atom stereocenters. The van der Waals surface area contributed by atoms with Gasteiger partial charge in [0.2, 0.25) is 5.91 Å². The Labute approximate surface area is 145 Å². The van der Waals surface area contributed by atoms with E-state index in [0.29, 0.717) is 6.42 Å². The van der Waals surface area contributed by atoms with Gasteiger partial charge in [-0.3, -0.25) is 4.79 Å². The number of carbonyl (C=O) groups excluding carboxylic acids is 1. The highest BCUT2D eigenvalue weighted by molar-refractivity contribution is 5.76. The number of carboxylic acids is 1. The third kappa shape index (κ3) is 5.09. The molecule has 1 rings (SSSR count). The average Bonchev–Trinajstić information content (AvgIpc) is 2.54. The molecule has 1 fully saturated rings. The highest BCUT2D eigenvalue weighted by Gasteiger charge is 2.56. The molecule has 0 aliphatic carbocycles. The van der Waals surface area contributed by atoms with E-state index in [0.717, 1.165) is 0 Å². The van der Waals surface area contributed by atoms with Gasteiger partial charge in [0, 0.05) is 13.3 Å². The van der Waals surface area contributed by atoms with E-state index >= 15 is 0 Å². The molecule has 1 aliphatic rings. The predicted octanol–water partition coefficient (Wildman–Crippen LogP) is -2.05. The molecule has 0 spiro atoms. The largest absolute Gasteiger partial charge is 0.477 e. The number of aliphatic carboxylic acids is 1. The van der Waals surface area contributed by atoms with Gasteiger partial charge in [-0.05, 0) is 13.3 Å². The number of aliphatic hydroxyl groups excluding tert-OH is 4. The molecule has 0 bridgehead atoms. The van der Waals surface area contributed by atoms with Crippen LogP contribution >= 0.6 is 0 Å².